The van der Waals surface area contributed by atoms with Gasteiger partial charge >= 0.3 is 0 Å². The topological polar surface area (TPSA) is 48.7 Å². The van der Waals surface area contributed by atoms with Crippen LogP contribution in [0.2, 0.25) is 0 Å². The summed E-state index contributed by atoms with van der Waals surface area (Å²) in [6.07, 6.45) is 2.06. The molecule has 0 unspecified atom stereocenters. The first-order valence-electron chi connectivity index (χ1n) is 11.0. The minimum Gasteiger partial charge on any atom is -0.507 e. The summed E-state index contributed by atoms with van der Waals surface area (Å²) in [5.41, 5.74) is 3.21. The molecular formula is C26H31N3O2S. The smallest absolute Gasteiger partial charge is 0.259 e. The zero-order valence-electron chi connectivity index (χ0n) is 19.0. The second-order valence-corrected chi connectivity index (χ2v) is 9.36. The second kappa shape index (κ2) is 9.94. The number of aromatic nitrogens is 1. The lowest BCUT2D eigenvalue weighted by Crippen LogP contribution is -2.47. The summed E-state index contributed by atoms with van der Waals surface area (Å²) in [6, 6.07) is 19.8. The van der Waals surface area contributed by atoms with Crippen molar-refractivity contribution in [3.63, 3.8) is 0 Å². The summed E-state index contributed by atoms with van der Waals surface area (Å²) in [6.45, 7) is 5.92. The molecule has 1 N–H and O–H groups in total. The molecule has 2 heterocycles. The Balaban J connectivity index is 1.82. The van der Waals surface area contributed by atoms with Crippen LogP contribution in [0.15, 0.2) is 70.4 Å². The summed E-state index contributed by atoms with van der Waals surface area (Å²) in [7, 11) is 2.12. The third-order valence-corrected chi connectivity index (χ3v) is 7.06. The minimum atomic E-state index is -0.283. The van der Waals surface area contributed by atoms with Crippen molar-refractivity contribution in [2.45, 2.75) is 24.4 Å². The fourth-order valence-corrected chi connectivity index (χ4v) is 4.82. The van der Waals surface area contributed by atoms with E-state index in [1.54, 1.807) is 22.4 Å². The maximum Gasteiger partial charge on any atom is 0.259 e. The molecule has 1 fully saturated rings. The van der Waals surface area contributed by atoms with Gasteiger partial charge in [0.1, 0.15) is 5.75 Å². The first kappa shape index (κ1) is 22.6. The number of benzene rings is 2. The normalized spacial score (nSPS) is 16.2. The number of aryl methyl sites for hydroxylation is 1. The standard InChI is InChI=1S/C26H31N3O2S/c1-19-17-23(30)24(26(31)29(19)18-20-7-5-4-6-8-20)25(28-15-13-27(2)14-16-28)21-9-11-22(32-3)12-10-21/h4-12,17,25,30H,13-16,18H2,1-3H3/t25-/m1/s1. The predicted molar refractivity (Wildman–Crippen MR) is 132 cm³/mol. The highest BCUT2D eigenvalue weighted by molar-refractivity contribution is 7.98. The predicted octanol–water partition coefficient (Wildman–Crippen LogP) is 3.97. The third kappa shape index (κ3) is 4.77. The molecule has 0 aliphatic carbocycles. The lowest BCUT2D eigenvalue weighted by molar-refractivity contribution is 0.125. The van der Waals surface area contributed by atoms with Crippen LogP contribution in [0.5, 0.6) is 5.75 Å². The molecule has 1 aromatic heterocycles. The quantitative estimate of drug-likeness (QED) is 0.577. The van der Waals surface area contributed by atoms with Crippen molar-refractivity contribution < 1.29 is 5.11 Å². The Kier molecular flexibility index (Phi) is 7.04. The average Bonchev–Trinajstić information content (AvgIpc) is 2.81. The van der Waals surface area contributed by atoms with Crippen LogP contribution in [0.1, 0.15) is 28.4 Å². The van der Waals surface area contributed by atoms with Gasteiger partial charge in [-0.15, -0.1) is 11.8 Å². The fraction of sp³-hybridized carbons (Fsp3) is 0.346. The van der Waals surface area contributed by atoms with Crippen molar-refractivity contribution >= 4 is 11.8 Å². The van der Waals surface area contributed by atoms with E-state index in [4.69, 9.17) is 0 Å². The van der Waals surface area contributed by atoms with Gasteiger partial charge in [-0.2, -0.15) is 0 Å². The molecule has 1 aliphatic rings. The molecule has 6 heteroatoms. The summed E-state index contributed by atoms with van der Waals surface area (Å²) in [5.74, 6) is 0.0784. The molecule has 32 heavy (non-hydrogen) atoms. The Labute approximate surface area is 194 Å². The van der Waals surface area contributed by atoms with Crippen LogP contribution in [-0.2, 0) is 6.54 Å². The van der Waals surface area contributed by atoms with Crippen molar-refractivity contribution in [1.82, 2.24) is 14.4 Å². The Bertz CT molecular complexity index is 1100. The highest BCUT2D eigenvalue weighted by atomic mass is 32.2. The Morgan fingerprint density at radius 1 is 1.00 bits per heavy atom. The van der Waals surface area contributed by atoms with Gasteiger partial charge in [-0.3, -0.25) is 9.69 Å². The van der Waals surface area contributed by atoms with Crippen LogP contribution in [0, 0.1) is 6.92 Å². The second-order valence-electron chi connectivity index (χ2n) is 8.48. The summed E-state index contributed by atoms with van der Waals surface area (Å²) in [5, 5.41) is 11.0. The average molecular weight is 450 g/mol. The molecule has 0 radical (unpaired) electrons. The van der Waals surface area contributed by atoms with Gasteiger partial charge in [-0.05, 0) is 49.6 Å². The van der Waals surface area contributed by atoms with Gasteiger partial charge in [0.2, 0.25) is 0 Å². The lowest BCUT2D eigenvalue weighted by atomic mass is 9.96. The molecule has 0 saturated carbocycles. The van der Waals surface area contributed by atoms with Crippen molar-refractivity contribution in [2.75, 3.05) is 39.5 Å². The largest absolute Gasteiger partial charge is 0.507 e. The SMILES string of the molecule is CSc1ccc([C@H](c2c(O)cc(C)n(Cc3ccccc3)c2=O)N2CCN(C)CC2)cc1. The number of pyridine rings is 1. The van der Waals surface area contributed by atoms with Crippen LogP contribution < -0.4 is 5.56 Å². The van der Waals surface area contributed by atoms with E-state index in [9.17, 15) is 9.90 Å². The molecule has 1 atom stereocenters. The van der Waals surface area contributed by atoms with E-state index in [0.29, 0.717) is 12.1 Å². The van der Waals surface area contributed by atoms with Gasteiger partial charge in [0.15, 0.2) is 0 Å². The number of piperazine rings is 1. The number of hydrogen-bond donors (Lipinski definition) is 1. The van der Waals surface area contributed by atoms with Crippen LogP contribution in [0.25, 0.3) is 0 Å². The summed E-state index contributed by atoms with van der Waals surface area (Å²) in [4.78, 5) is 19.6. The fourth-order valence-electron chi connectivity index (χ4n) is 4.41. The summed E-state index contributed by atoms with van der Waals surface area (Å²) < 4.78 is 1.78. The maximum atomic E-state index is 13.8. The Hall–Kier alpha value is -2.54. The molecule has 0 spiro atoms. The van der Waals surface area contributed by atoms with E-state index < -0.39 is 0 Å². The van der Waals surface area contributed by atoms with E-state index in [1.807, 2.05) is 37.3 Å². The molecular weight excluding hydrogens is 418 g/mol. The first-order valence-corrected chi connectivity index (χ1v) is 12.2. The molecule has 4 rings (SSSR count). The van der Waals surface area contributed by atoms with Gasteiger partial charge in [0.05, 0.1) is 18.2 Å². The summed E-state index contributed by atoms with van der Waals surface area (Å²) >= 11 is 1.70. The lowest BCUT2D eigenvalue weighted by Gasteiger charge is -2.38. The molecule has 3 aromatic rings. The zero-order valence-corrected chi connectivity index (χ0v) is 19.8. The molecule has 168 valence electrons. The number of likely N-dealkylation sites (N-methyl/N-ethyl adjacent to an activating group) is 1. The number of hydrogen-bond acceptors (Lipinski definition) is 5. The zero-order chi connectivity index (χ0) is 22.7. The highest BCUT2D eigenvalue weighted by Crippen LogP contribution is 2.34. The van der Waals surface area contributed by atoms with E-state index >= 15 is 0 Å². The Morgan fingerprint density at radius 3 is 2.28 bits per heavy atom. The van der Waals surface area contributed by atoms with Crippen molar-refractivity contribution in [3.05, 3.63) is 93.4 Å². The van der Waals surface area contributed by atoms with Gasteiger partial charge in [-0.25, -0.2) is 0 Å². The van der Waals surface area contributed by atoms with Crippen molar-refractivity contribution in [1.29, 1.82) is 0 Å². The molecule has 0 bridgehead atoms. The van der Waals surface area contributed by atoms with E-state index in [-0.39, 0.29) is 17.4 Å². The highest BCUT2D eigenvalue weighted by Gasteiger charge is 2.30. The molecule has 2 aromatic carbocycles. The first-order chi connectivity index (χ1) is 15.5. The molecule has 1 saturated heterocycles. The van der Waals surface area contributed by atoms with Crippen molar-refractivity contribution in [2.24, 2.45) is 0 Å². The Morgan fingerprint density at radius 2 is 1.66 bits per heavy atom. The maximum absolute atomic E-state index is 13.8. The van der Waals surface area contributed by atoms with Crippen LogP contribution >= 0.6 is 11.8 Å². The van der Waals surface area contributed by atoms with Gasteiger partial charge in [0, 0.05) is 36.8 Å². The van der Waals surface area contributed by atoms with E-state index in [0.717, 1.165) is 43.0 Å². The minimum absolute atomic E-state index is 0.0784. The number of nitrogens with zero attached hydrogens (tertiary/aromatic N) is 3. The van der Waals surface area contributed by atoms with Crippen LogP contribution in [0.4, 0.5) is 0 Å². The third-order valence-electron chi connectivity index (χ3n) is 6.31. The molecule has 1 aliphatic heterocycles. The van der Waals surface area contributed by atoms with Crippen LogP contribution in [-0.4, -0.2) is 59.0 Å². The number of aromatic hydroxyl groups is 1. The van der Waals surface area contributed by atoms with Gasteiger partial charge < -0.3 is 14.6 Å². The molecule has 0 amide bonds. The van der Waals surface area contributed by atoms with E-state index in [2.05, 4.69) is 47.4 Å². The van der Waals surface area contributed by atoms with Crippen LogP contribution in [0.3, 0.4) is 0 Å². The van der Waals surface area contributed by atoms with Gasteiger partial charge in [-0.1, -0.05) is 42.5 Å². The van der Waals surface area contributed by atoms with Crippen molar-refractivity contribution in [3.8, 4) is 5.75 Å². The monoisotopic (exact) mass is 449 g/mol. The molecule has 5 nitrogen and oxygen atoms in total. The number of thioether (sulfide) groups is 1. The number of rotatable bonds is 6. The van der Waals surface area contributed by atoms with E-state index in [1.165, 1.54) is 4.90 Å². The van der Waals surface area contributed by atoms with Gasteiger partial charge in [0.25, 0.3) is 5.56 Å².